The summed E-state index contributed by atoms with van der Waals surface area (Å²) in [7, 11) is 0. The van der Waals surface area contributed by atoms with E-state index >= 15 is 0 Å². The third-order valence-electron chi connectivity index (χ3n) is 4.29. The number of ether oxygens (including phenoxy) is 2. The second kappa shape index (κ2) is 7.84. The Morgan fingerprint density at radius 1 is 1.15 bits per heavy atom. The third kappa shape index (κ3) is 3.83. The molecule has 2 aromatic carbocycles. The number of aryl methyl sites for hydroxylation is 1. The predicted molar refractivity (Wildman–Crippen MR) is 103 cm³/mol. The number of nitrogens with zero attached hydrogens (tertiary/aromatic N) is 3. The molecule has 0 saturated heterocycles. The van der Waals surface area contributed by atoms with Gasteiger partial charge in [0.15, 0.2) is 22.4 Å². The van der Waals surface area contributed by atoms with Gasteiger partial charge in [0.05, 0.1) is 24.7 Å². The van der Waals surface area contributed by atoms with Crippen molar-refractivity contribution < 1.29 is 14.3 Å². The summed E-state index contributed by atoms with van der Waals surface area (Å²) in [5, 5.41) is 8.85. The Morgan fingerprint density at radius 2 is 1.96 bits per heavy atom. The van der Waals surface area contributed by atoms with E-state index in [1.807, 2.05) is 35.8 Å². The van der Waals surface area contributed by atoms with Crippen LogP contribution in [0.1, 0.15) is 22.3 Å². The van der Waals surface area contributed by atoms with Gasteiger partial charge in [0.25, 0.3) is 0 Å². The molecule has 1 aliphatic heterocycles. The number of thioether (sulfide) groups is 1. The number of fused-ring (bicyclic) bond motifs is 1. The van der Waals surface area contributed by atoms with Crippen molar-refractivity contribution in [1.82, 2.24) is 14.8 Å². The smallest absolute Gasteiger partial charge is 0.196 e. The first-order chi connectivity index (χ1) is 13.2. The standard InChI is InChI=1S/C20H19N3O3S/c1-14-5-2-3-6-16(14)23-13-21-22-20(23)27-12-17(24)15-7-8-18-19(11-15)26-10-4-9-25-18/h2-3,5-8,11,13H,4,9-10,12H2,1H3. The Bertz CT molecular complexity index is 971. The van der Waals surface area contributed by atoms with Gasteiger partial charge in [-0.2, -0.15) is 0 Å². The van der Waals surface area contributed by atoms with Gasteiger partial charge in [-0.15, -0.1) is 10.2 Å². The second-order valence-corrected chi connectivity index (χ2v) is 7.14. The van der Waals surface area contributed by atoms with Crippen LogP contribution >= 0.6 is 11.8 Å². The summed E-state index contributed by atoms with van der Waals surface area (Å²) in [6.45, 7) is 3.26. The number of aromatic nitrogens is 3. The van der Waals surface area contributed by atoms with Crippen molar-refractivity contribution in [2.75, 3.05) is 19.0 Å². The first-order valence-corrected chi connectivity index (χ1v) is 9.72. The Kier molecular flexibility index (Phi) is 5.11. The molecule has 138 valence electrons. The minimum absolute atomic E-state index is 0.00924. The summed E-state index contributed by atoms with van der Waals surface area (Å²) in [6, 6.07) is 13.3. The topological polar surface area (TPSA) is 66.2 Å². The normalized spacial score (nSPS) is 13.2. The van der Waals surface area contributed by atoms with Crippen LogP contribution in [0.2, 0.25) is 0 Å². The summed E-state index contributed by atoms with van der Waals surface area (Å²) < 4.78 is 13.2. The lowest BCUT2D eigenvalue weighted by molar-refractivity contribution is 0.102. The quantitative estimate of drug-likeness (QED) is 0.496. The zero-order valence-corrected chi connectivity index (χ0v) is 15.7. The predicted octanol–water partition coefficient (Wildman–Crippen LogP) is 3.71. The Hall–Kier alpha value is -2.80. The van der Waals surface area contributed by atoms with E-state index in [-0.39, 0.29) is 11.5 Å². The number of carbonyl (C=O) groups excluding carboxylic acids is 1. The molecule has 27 heavy (non-hydrogen) atoms. The van der Waals surface area contributed by atoms with Crippen molar-refractivity contribution in [2.24, 2.45) is 0 Å². The number of carbonyl (C=O) groups is 1. The number of rotatable bonds is 5. The van der Waals surface area contributed by atoms with Crippen molar-refractivity contribution in [1.29, 1.82) is 0 Å². The average molecular weight is 381 g/mol. The van der Waals surface area contributed by atoms with Crippen LogP contribution in [0.25, 0.3) is 5.69 Å². The molecular weight excluding hydrogens is 362 g/mol. The van der Waals surface area contributed by atoms with Gasteiger partial charge in [0.1, 0.15) is 6.33 Å². The SMILES string of the molecule is Cc1ccccc1-n1cnnc1SCC(=O)c1ccc2c(c1)OCCCO2. The summed E-state index contributed by atoms with van der Waals surface area (Å²) in [6.07, 6.45) is 2.51. The molecule has 0 bridgehead atoms. The van der Waals surface area contributed by atoms with Gasteiger partial charge in [-0.3, -0.25) is 9.36 Å². The van der Waals surface area contributed by atoms with Crippen LogP contribution in [-0.2, 0) is 0 Å². The molecule has 3 aromatic rings. The van der Waals surface area contributed by atoms with Gasteiger partial charge in [-0.1, -0.05) is 30.0 Å². The molecule has 1 aromatic heterocycles. The fourth-order valence-corrected chi connectivity index (χ4v) is 3.69. The molecule has 0 aliphatic carbocycles. The van der Waals surface area contributed by atoms with E-state index in [1.54, 1.807) is 24.5 Å². The minimum Gasteiger partial charge on any atom is -0.490 e. The molecule has 7 heteroatoms. The van der Waals surface area contributed by atoms with Gasteiger partial charge in [-0.05, 0) is 36.8 Å². The van der Waals surface area contributed by atoms with Crippen molar-refractivity contribution in [2.45, 2.75) is 18.5 Å². The molecule has 1 aliphatic rings. The van der Waals surface area contributed by atoms with E-state index in [0.717, 1.165) is 17.7 Å². The third-order valence-corrected chi connectivity index (χ3v) is 5.24. The summed E-state index contributed by atoms with van der Waals surface area (Å²) in [4.78, 5) is 12.7. The zero-order chi connectivity index (χ0) is 18.6. The van der Waals surface area contributed by atoms with Crippen molar-refractivity contribution in [3.63, 3.8) is 0 Å². The summed E-state index contributed by atoms with van der Waals surface area (Å²) in [5.41, 5.74) is 2.73. The molecule has 0 saturated carbocycles. The maximum Gasteiger partial charge on any atom is 0.196 e. The number of hydrogen-bond acceptors (Lipinski definition) is 6. The van der Waals surface area contributed by atoms with Gasteiger partial charge >= 0.3 is 0 Å². The van der Waals surface area contributed by atoms with Gasteiger partial charge in [-0.25, -0.2) is 0 Å². The molecule has 0 unspecified atom stereocenters. The molecule has 0 N–H and O–H groups in total. The highest BCUT2D eigenvalue weighted by Gasteiger charge is 2.16. The molecule has 4 rings (SSSR count). The highest BCUT2D eigenvalue weighted by Crippen LogP contribution is 2.31. The molecular formula is C20H19N3O3S. The Morgan fingerprint density at radius 3 is 2.81 bits per heavy atom. The van der Waals surface area contributed by atoms with Crippen LogP contribution < -0.4 is 9.47 Å². The van der Waals surface area contributed by atoms with Crippen LogP contribution in [0.4, 0.5) is 0 Å². The lowest BCUT2D eigenvalue weighted by atomic mass is 10.1. The number of ketones is 1. The fourth-order valence-electron chi connectivity index (χ4n) is 2.87. The molecule has 0 radical (unpaired) electrons. The lowest BCUT2D eigenvalue weighted by Gasteiger charge is -2.10. The molecule has 0 amide bonds. The van der Waals surface area contributed by atoms with E-state index in [9.17, 15) is 4.79 Å². The van der Waals surface area contributed by atoms with Crippen LogP contribution in [0.15, 0.2) is 53.9 Å². The number of hydrogen-bond donors (Lipinski definition) is 0. The highest BCUT2D eigenvalue weighted by atomic mass is 32.2. The van der Waals surface area contributed by atoms with Gasteiger partial charge in [0, 0.05) is 12.0 Å². The number of para-hydroxylation sites is 1. The van der Waals surface area contributed by atoms with Gasteiger partial charge < -0.3 is 9.47 Å². The number of Topliss-reactive ketones (excluding diaryl/α,β-unsaturated/α-hetero) is 1. The van der Waals surface area contributed by atoms with Crippen LogP contribution in [0.3, 0.4) is 0 Å². The molecule has 2 heterocycles. The van der Waals surface area contributed by atoms with Crippen LogP contribution in [-0.4, -0.2) is 39.5 Å². The van der Waals surface area contributed by atoms with E-state index in [2.05, 4.69) is 10.2 Å². The van der Waals surface area contributed by atoms with Crippen LogP contribution in [0, 0.1) is 6.92 Å². The van der Waals surface area contributed by atoms with Crippen molar-refractivity contribution in [3.05, 3.63) is 59.9 Å². The van der Waals surface area contributed by atoms with Crippen molar-refractivity contribution in [3.8, 4) is 17.2 Å². The van der Waals surface area contributed by atoms with Crippen LogP contribution in [0.5, 0.6) is 11.5 Å². The number of benzene rings is 2. The fraction of sp³-hybridized carbons (Fsp3) is 0.250. The molecule has 6 nitrogen and oxygen atoms in total. The van der Waals surface area contributed by atoms with E-state index in [4.69, 9.17) is 9.47 Å². The average Bonchev–Trinajstić information content (AvgIpc) is 3.02. The summed E-state index contributed by atoms with van der Waals surface area (Å²) >= 11 is 1.37. The van der Waals surface area contributed by atoms with E-state index < -0.39 is 0 Å². The minimum atomic E-state index is 0.00924. The molecule has 0 atom stereocenters. The lowest BCUT2D eigenvalue weighted by Crippen LogP contribution is -2.05. The maximum absolute atomic E-state index is 12.7. The Balaban J connectivity index is 1.49. The highest BCUT2D eigenvalue weighted by molar-refractivity contribution is 7.99. The van der Waals surface area contributed by atoms with E-state index in [0.29, 0.717) is 35.4 Å². The largest absolute Gasteiger partial charge is 0.490 e. The first-order valence-electron chi connectivity index (χ1n) is 8.74. The van der Waals surface area contributed by atoms with Gasteiger partial charge in [0.2, 0.25) is 0 Å². The van der Waals surface area contributed by atoms with Crippen molar-refractivity contribution >= 4 is 17.5 Å². The monoisotopic (exact) mass is 381 g/mol. The molecule has 0 spiro atoms. The Labute approximate surface area is 161 Å². The van der Waals surface area contributed by atoms with E-state index in [1.165, 1.54) is 11.8 Å². The second-order valence-electron chi connectivity index (χ2n) is 6.19. The first kappa shape index (κ1) is 17.6. The summed E-state index contributed by atoms with van der Waals surface area (Å²) in [5.74, 6) is 1.60. The molecule has 0 fully saturated rings. The maximum atomic E-state index is 12.7. The zero-order valence-electron chi connectivity index (χ0n) is 14.9.